The fraction of sp³-hybridized carbons (Fsp3) is 0.900. The Morgan fingerprint density at radius 3 is 2.16 bits per heavy atom. The maximum Gasteiger partial charge on any atom is 0.222 e. The molecule has 0 aromatic heterocycles. The predicted octanol–water partition coefficient (Wildman–Crippen LogP) is 3.25. The van der Waals surface area contributed by atoms with Crippen molar-refractivity contribution in [2.75, 3.05) is 6.61 Å². The van der Waals surface area contributed by atoms with Gasteiger partial charge in [0.05, 0.1) is 24.9 Å². The largest absolute Gasteiger partial charge is 0.378 e. The molecule has 0 unspecified atom stereocenters. The minimum absolute atomic E-state index is 0.0391. The number of carbonyl (C=O) groups excluding carboxylic acids is 2. The van der Waals surface area contributed by atoms with Crippen LogP contribution in [0.3, 0.4) is 0 Å². The molecule has 0 heterocycles. The van der Waals surface area contributed by atoms with Gasteiger partial charge in [-0.3, -0.25) is 9.59 Å². The lowest BCUT2D eigenvalue weighted by Gasteiger charge is -2.35. The second kappa shape index (κ2) is 9.67. The molecule has 0 aliphatic heterocycles. The molecule has 0 saturated heterocycles. The zero-order valence-corrected chi connectivity index (χ0v) is 16.3. The number of amides is 1. The highest BCUT2D eigenvalue weighted by molar-refractivity contribution is 5.84. The molecular formula is C20H35NO4. The van der Waals surface area contributed by atoms with E-state index in [1.807, 2.05) is 13.8 Å². The number of ketones is 1. The summed E-state index contributed by atoms with van der Waals surface area (Å²) in [5, 5.41) is 3.02. The van der Waals surface area contributed by atoms with Crippen LogP contribution in [0.2, 0.25) is 0 Å². The highest BCUT2D eigenvalue weighted by Crippen LogP contribution is 2.30. The third-order valence-electron chi connectivity index (χ3n) is 5.24. The van der Waals surface area contributed by atoms with Gasteiger partial charge in [-0.25, -0.2) is 0 Å². The van der Waals surface area contributed by atoms with Gasteiger partial charge in [0, 0.05) is 24.3 Å². The molecule has 1 N–H and O–H groups in total. The van der Waals surface area contributed by atoms with E-state index in [1.165, 1.54) is 0 Å². The first kappa shape index (κ1) is 20.4. The first-order valence-corrected chi connectivity index (χ1v) is 9.95. The van der Waals surface area contributed by atoms with Crippen LogP contribution in [0, 0.1) is 11.8 Å². The molecule has 144 valence electrons. The lowest BCUT2D eigenvalue weighted by atomic mass is 9.75. The summed E-state index contributed by atoms with van der Waals surface area (Å²) in [6.07, 6.45) is 7.02. The molecule has 0 spiro atoms. The number of rotatable bonds is 9. The molecule has 2 fully saturated rings. The Balaban J connectivity index is 1.52. The van der Waals surface area contributed by atoms with Gasteiger partial charge in [0.2, 0.25) is 5.91 Å². The quantitative estimate of drug-likeness (QED) is 0.691. The zero-order valence-electron chi connectivity index (χ0n) is 16.3. The molecule has 5 heteroatoms. The zero-order chi connectivity index (χ0) is 18.4. The van der Waals surface area contributed by atoms with Crippen molar-refractivity contribution >= 4 is 11.7 Å². The molecule has 0 aromatic carbocycles. The Kier molecular flexibility index (Phi) is 7.88. The van der Waals surface area contributed by atoms with Crippen LogP contribution in [-0.4, -0.2) is 42.7 Å². The maximum absolute atomic E-state index is 12.0. The van der Waals surface area contributed by atoms with Crippen molar-refractivity contribution in [3.63, 3.8) is 0 Å². The van der Waals surface area contributed by atoms with Crippen LogP contribution in [0.4, 0.5) is 0 Å². The summed E-state index contributed by atoms with van der Waals surface area (Å²) in [6.45, 7) is 8.50. The first-order chi connectivity index (χ1) is 11.8. The molecule has 1 amide bonds. The predicted molar refractivity (Wildman–Crippen MR) is 97.3 cm³/mol. The van der Waals surface area contributed by atoms with Gasteiger partial charge in [-0.1, -0.05) is 13.8 Å². The Morgan fingerprint density at radius 2 is 1.60 bits per heavy atom. The van der Waals surface area contributed by atoms with Crippen molar-refractivity contribution < 1.29 is 19.1 Å². The van der Waals surface area contributed by atoms with Crippen molar-refractivity contribution in [1.82, 2.24) is 5.32 Å². The molecular weight excluding hydrogens is 318 g/mol. The highest BCUT2D eigenvalue weighted by atomic mass is 16.5. The molecule has 2 saturated carbocycles. The summed E-state index contributed by atoms with van der Waals surface area (Å²) in [6, 6.07) is 0.170. The summed E-state index contributed by atoms with van der Waals surface area (Å²) in [4.78, 5) is 23.8. The minimum Gasteiger partial charge on any atom is -0.378 e. The van der Waals surface area contributed by atoms with Crippen LogP contribution in [0.5, 0.6) is 0 Å². The van der Waals surface area contributed by atoms with Crippen LogP contribution in [0.25, 0.3) is 0 Å². The third-order valence-corrected chi connectivity index (χ3v) is 5.24. The van der Waals surface area contributed by atoms with E-state index < -0.39 is 0 Å². The molecule has 2 rings (SSSR count). The van der Waals surface area contributed by atoms with E-state index in [4.69, 9.17) is 9.47 Å². The lowest BCUT2D eigenvalue weighted by molar-refractivity contribution is -0.131. The van der Waals surface area contributed by atoms with Crippen molar-refractivity contribution in [2.45, 2.75) is 97.0 Å². The number of Topliss-reactive ketones (excluding diaryl/α,β-unsaturated/α-hetero) is 1. The van der Waals surface area contributed by atoms with E-state index in [9.17, 15) is 9.59 Å². The summed E-state index contributed by atoms with van der Waals surface area (Å²) >= 11 is 0. The standard InChI is InChI=1S/C20H35NO4/c1-13(2)20(23)15-11-16(12-15)21-19(22)9-10-24-17-5-7-18(8-6-17)25-14(3)4/h13-18H,5-12H2,1-4H3,(H,21,22)/t15-,16+,17-,18+. The van der Waals surface area contributed by atoms with E-state index in [0.717, 1.165) is 38.5 Å². The lowest BCUT2D eigenvalue weighted by Crippen LogP contribution is -2.47. The molecule has 0 radical (unpaired) electrons. The van der Waals surface area contributed by atoms with Gasteiger partial charge < -0.3 is 14.8 Å². The van der Waals surface area contributed by atoms with E-state index in [2.05, 4.69) is 19.2 Å². The van der Waals surface area contributed by atoms with Crippen LogP contribution in [0.1, 0.15) is 72.6 Å². The van der Waals surface area contributed by atoms with Gasteiger partial charge in [0.25, 0.3) is 0 Å². The van der Waals surface area contributed by atoms with Gasteiger partial charge in [-0.15, -0.1) is 0 Å². The minimum atomic E-state index is 0.0391. The average Bonchev–Trinajstić information content (AvgIpc) is 2.51. The molecule has 0 atom stereocenters. The van der Waals surface area contributed by atoms with Crippen molar-refractivity contribution in [3.05, 3.63) is 0 Å². The van der Waals surface area contributed by atoms with Crippen LogP contribution in [-0.2, 0) is 19.1 Å². The van der Waals surface area contributed by atoms with E-state index in [0.29, 0.717) is 24.9 Å². The Morgan fingerprint density at radius 1 is 1.00 bits per heavy atom. The number of hydrogen-bond donors (Lipinski definition) is 1. The molecule has 0 aromatic rings. The molecule has 0 bridgehead atoms. The van der Waals surface area contributed by atoms with E-state index >= 15 is 0 Å². The van der Waals surface area contributed by atoms with Crippen molar-refractivity contribution in [3.8, 4) is 0 Å². The van der Waals surface area contributed by atoms with Gasteiger partial charge in [0.1, 0.15) is 5.78 Å². The van der Waals surface area contributed by atoms with Gasteiger partial charge in [-0.2, -0.15) is 0 Å². The first-order valence-electron chi connectivity index (χ1n) is 9.95. The topological polar surface area (TPSA) is 64.6 Å². The number of hydrogen-bond acceptors (Lipinski definition) is 4. The summed E-state index contributed by atoms with van der Waals surface area (Å²) in [5.74, 6) is 0.601. The highest BCUT2D eigenvalue weighted by Gasteiger charge is 2.35. The molecule has 2 aliphatic rings. The average molecular weight is 354 g/mol. The maximum atomic E-state index is 12.0. The molecule has 5 nitrogen and oxygen atoms in total. The SMILES string of the molecule is CC(C)O[C@H]1CC[C@@H](OCCC(=O)N[C@H]2C[C@@H](C(=O)C(C)C)C2)CC1. The Bertz CT molecular complexity index is 435. The van der Waals surface area contributed by atoms with Gasteiger partial charge >= 0.3 is 0 Å². The summed E-state index contributed by atoms with van der Waals surface area (Å²) < 4.78 is 11.7. The summed E-state index contributed by atoms with van der Waals surface area (Å²) in [5.41, 5.74) is 0. The van der Waals surface area contributed by atoms with Crippen LogP contribution in [0.15, 0.2) is 0 Å². The Hall–Kier alpha value is -0.940. The van der Waals surface area contributed by atoms with E-state index in [-0.39, 0.29) is 36.0 Å². The monoisotopic (exact) mass is 353 g/mol. The smallest absolute Gasteiger partial charge is 0.222 e. The number of nitrogens with one attached hydrogen (secondary N) is 1. The van der Waals surface area contributed by atoms with Crippen LogP contribution < -0.4 is 5.32 Å². The van der Waals surface area contributed by atoms with Crippen LogP contribution >= 0.6 is 0 Å². The van der Waals surface area contributed by atoms with Gasteiger partial charge in [-0.05, 0) is 52.4 Å². The Labute approximate surface area is 152 Å². The van der Waals surface area contributed by atoms with E-state index in [1.54, 1.807) is 0 Å². The number of ether oxygens (including phenoxy) is 2. The fourth-order valence-corrected chi connectivity index (χ4v) is 3.78. The third kappa shape index (κ3) is 6.70. The van der Waals surface area contributed by atoms with Crippen molar-refractivity contribution in [2.24, 2.45) is 11.8 Å². The van der Waals surface area contributed by atoms with Gasteiger partial charge in [0.15, 0.2) is 0 Å². The normalized spacial score (nSPS) is 29.5. The fourth-order valence-electron chi connectivity index (χ4n) is 3.78. The summed E-state index contributed by atoms with van der Waals surface area (Å²) in [7, 11) is 0. The number of carbonyl (C=O) groups is 2. The van der Waals surface area contributed by atoms with Crippen molar-refractivity contribution in [1.29, 1.82) is 0 Å². The second-order valence-electron chi connectivity index (χ2n) is 8.19. The second-order valence-corrected chi connectivity index (χ2v) is 8.19. The molecule has 25 heavy (non-hydrogen) atoms. The molecule has 2 aliphatic carbocycles.